The van der Waals surface area contributed by atoms with Gasteiger partial charge in [0.05, 0.1) is 6.61 Å². The molecule has 0 aliphatic heterocycles. The van der Waals surface area contributed by atoms with Gasteiger partial charge in [-0.3, -0.25) is 0 Å². The molecule has 0 heterocycles. The predicted molar refractivity (Wildman–Crippen MR) is 46.9 cm³/mol. The molecule has 0 fully saturated rings. The molecule has 1 rings (SSSR count). The molecule has 0 bridgehead atoms. The fraction of sp³-hybridized carbons (Fsp3) is 0.300. The molecule has 0 N–H and O–H groups in total. The Bertz CT molecular complexity index is 317. The third-order valence-electron chi connectivity index (χ3n) is 1.60. The monoisotopic (exact) mass is 200 g/mol. The minimum Gasteiger partial charge on any atom is -0.462 e. The van der Waals surface area contributed by atoms with Crippen LogP contribution in [0.2, 0.25) is 0 Å². The molecule has 1 aromatic carbocycles. The molecule has 2 nitrogen and oxygen atoms in total. The molecule has 0 aliphatic rings. The second-order valence-electron chi connectivity index (χ2n) is 2.73. The first-order valence-electron chi connectivity index (χ1n) is 4.28. The zero-order chi connectivity index (χ0) is 10.6. The van der Waals surface area contributed by atoms with Gasteiger partial charge in [0.25, 0.3) is 0 Å². The number of halogens is 2. The van der Waals surface area contributed by atoms with Gasteiger partial charge in [0.2, 0.25) is 0 Å². The lowest BCUT2D eigenvalue weighted by molar-refractivity contribution is 0.0494. The summed E-state index contributed by atoms with van der Waals surface area (Å²) in [5, 5.41) is 0. The Balaban J connectivity index is 2.89. The summed E-state index contributed by atoms with van der Waals surface area (Å²) in [6.07, 6.45) is 0.613. The van der Waals surface area contributed by atoms with E-state index in [1.807, 2.05) is 0 Å². The number of benzene rings is 1. The summed E-state index contributed by atoms with van der Waals surface area (Å²) in [7, 11) is 0. The summed E-state index contributed by atoms with van der Waals surface area (Å²) in [5.74, 6) is -2.75. The van der Waals surface area contributed by atoms with E-state index >= 15 is 0 Å². The maximum atomic E-state index is 13.0. The molecule has 0 saturated carbocycles. The normalized spacial score (nSPS) is 9.93. The predicted octanol–water partition coefficient (Wildman–Crippen LogP) is 2.53. The Morgan fingerprint density at radius 2 is 1.93 bits per heavy atom. The first-order valence-corrected chi connectivity index (χ1v) is 4.28. The third-order valence-corrected chi connectivity index (χ3v) is 1.60. The summed E-state index contributed by atoms with van der Waals surface area (Å²) in [6, 6.07) is 3.23. The van der Waals surface area contributed by atoms with Crippen molar-refractivity contribution in [1.29, 1.82) is 0 Å². The van der Waals surface area contributed by atoms with Gasteiger partial charge < -0.3 is 4.74 Å². The van der Waals surface area contributed by atoms with Crippen LogP contribution in [0.5, 0.6) is 0 Å². The topological polar surface area (TPSA) is 26.3 Å². The first kappa shape index (κ1) is 10.6. The van der Waals surface area contributed by atoms with Gasteiger partial charge in [-0.2, -0.15) is 0 Å². The van der Waals surface area contributed by atoms with Crippen LogP contribution in [0.4, 0.5) is 8.78 Å². The van der Waals surface area contributed by atoms with E-state index in [0.717, 1.165) is 12.1 Å². The standard InChI is InChI=1S/C10H10F2O2/c1-2-6-14-10(13)9-7(11)4-3-5-8(9)12/h3-5H,2,6H2,1H3. The smallest absolute Gasteiger partial charge is 0.344 e. The largest absolute Gasteiger partial charge is 0.462 e. The zero-order valence-corrected chi connectivity index (χ0v) is 7.72. The molecule has 4 heteroatoms. The van der Waals surface area contributed by atoms with Gasteiger partial charge in [0.1, 0.15) is 17.2 Å². The van der Waals surface area contributed by atoms with Crippen LogP contribution in [0.3, 0.4) is 0 Å². The van der Waals surface area contributed by atoms with Crippen LogP contribution in [0.25, 0.3) is 0 Å². The average Bonchev–Trinajstić information content (AvgIpc) is 2.14. The van der Waals surface area contributed by atoms with E-state index < -0.39 is 23.2 Å². The molecule has 76 valence electrons. The Kier molecular flexibility index (Phi) is 3.56. The molecule has 0 radical (unpaired) electrons. The van der Waals surface area contributed by atoms with Crippen molar-refractivity contribution < 1.29 is 18.3 Å². The molecule has 0 saturated heterocycles. The summed E-state index contributed by atoms with van der Waals surface area (Å²) in [6.45, 7) is 1.96. The number of rotatable bonds is 3. The van der Waals surface area contributed by atoms with Gasteiger partial charge in [0, 0.05) is 0 Å². The summed E-state index contributed by atoms with van der Waals surface area (Å²) >= 11 is 0. The van der Waals surface area contributed by atoms with Crippen molar-refractivity contribution >= 4 is 5.97 Å². The summed E-state index contributed by atoms with van der Waals surface area (Å²) in [5.41, 5.74) is -0.624. The van der Waals surface area contributed by atoms with Crippen molar-refractivity contribution in [2.24, 2.45) is 0 Å². The minimum absolute atomic E-state index is 0.159. The van der Waals surface area contributed by atoms with Crippen molar-refractivity contribution in [3.63, 3.8) is 0 Å². The average molecular weight is 200 g/mol. The third kappa shape index (κ3) is 2.28. The highest BCUT2D eigenvalue weighted by molar-refractivity contribution is 5.89. The van der Waals surface area contributed by atoms with E-state index in [2.05, 4.69) is 4.74 Å². The molecule has 14 heavy (non-hydrogen) atoms. The number of carbonyl (C=O) groups is 1. The maximum absolute atomic E-state index is 13.0. The molecule has 0 amide bonds. The van der Waals surface area contributed by atoms with Crippen LogP contribution in [0, 0.1) is 11.6 Å². The van der Waals surface area contributed by atoms with Crippen molar-refractivity contribution in [3.8, 4) is 0 Å². The van der Waals surface area contributed by atoms with Crippen LogP contribution < -0.4 is 0 Å². The van der Waals surface area contributed by atoms with Crippen LogP contribution >= 0.6 is 0 Å². The lowest BCUT2D eigenvalue weighted by Gasteiger charge is -2.04. The highest BCUT2D eigenvalue weighted by Crippen LogP contribution is 2.13. The molecule has 1 aromatic rings. The second-order valence-corrected chi connectivity index (χ2v) is 2.73. The number of hydrogen-bond donors (Lipinski definition) is 0. The Hall–Kier alpha value is -1.45. The fourth-order valence-electron chi connectivity index (χ4n) is 0.960. The number of carbonyl (C=O) groups excluding carboxylic acids is 1. The highest BCUT2D eigenvalue weighted by atomic mass is 19.1. The van der Waals surface area contributed by atoms with Gasteiger partial charge in [-0.05, 0) is 18.6 Å². The molecular weight excluding hydrogens is 190 g/mol. The van der Waals surface area contributed by atoms with Crippen LogP contribution in [-0.4, -0.2) is 12.6 Å². The van der Waals surface area contributed by atoms with Gasteiger partial charge >= 0.3 is 5.97 Å². The van der Waals surface area contributed by atoms with Gasteiger partial charge in [0.15, 0.2) is 0 Å². The van der Waals surface area contributed by atoms with E-state index in [-0.39, 0.29) is 6.61 Å². The number of esters is 1. The SMILES string of the molecule is CCCOC(=O)c1c(F)cccc1F. The van der Waals surface area contributed by atoms with Crippen LogP contribution in [0.15, 0.2) is 18.2 Å². The van der Waals surface area contributed by atoms with E-state index in [4.69, 9.17) is 0 Å². The Morgan fingerprint density at radius 1 is 1.36 bits per heavy atom. The molecule has 0 aromatic heterocycles. The lowest BCUT2D eigenvalue weighted by Crippen LogP contribution is -2.10. The molecular formula is C10H10F2O2. The minimum atomic E-state index is -0.956. The molecule has 0 unspecified atom stereocenters. The van der Waals surface area contributed by atoms with E-state index in [1.165, 1.54) is 6.07 Å². The highest BCUT2D eigenvalue weighted by Gasteiger charge is 2.17. The second kappa shape index (κ2) is 4.69. The van der Waals surface area contributed by atoms with Gasteiger partial charge in [-0.1, -0.05) is 13.0 Å². The van der Waals surface area contributed by atoms with Crippen LogP contribution in [-0.2, 0) is 4.74 Å². The first-order chi connectivity index (χ1) is 6.66. The molecule has 0 atom stereocenters. The van der Waals surface area contributed by atoms with Gasteiger partial charge in [-0.15, -0.1) is 0 Å². The van der Waals surface area contributed by atoms with Gasteiger partial charge in [-0.25, -0.2) is 13.6 Å². The quantitative estimate of drug-likeness (QED) is 0.701. The molecule has 0 spiro atoms. The Morgan fingerprint density at radius 3 is 2.43 bits per heavy atom. The van der Waals surface area contributed by atoms with E-state index in [9.17, 15) is 13.6 Å². The molecule has 0 aliphatic carbocycles. The summed E-state index contributed by atoms with van der Waals surface area (Å²) < 4.78 is 30.6. The maximum Gasteiger partial charge on any atom is 0.344 e. The lowest BCUT2D eigenvalue weighted by atomic mass is 10.2. The number of hydrogen-bond acceptors (Lipinski definition) is 2. The summed E-state index contributed by atoms with van der Waals surface area (Å²) in [4.78, 5) is 11.1. The fourth-order valence-corrected chi connectivity index (χ4v) is 0.960. The van der Waals surface area contributed by atoms with Crippen molar-refractivity contribution in [2.75, 3.05) is 6.61 Å². The van der Waals surface area contributed by atoms with Crippen molar-refractivity contribution in [3.05, 3.63) is 35.4 Å². The zero-order valence-electron chi connectivity index (χ0n) is 7.72. The van der Waals surface area contributed by atoms with Crippen LogP contribution in [0.1, 0.15) is 23.7 Å². The van der Waals surface area contributed by atoms with E-state index in [1.54, 1.807) is 6.92 Å². The number of ether oxygens (including phenoxy) is 1. The van der Waals surface area contributed by atoms with Crippen molar-refractivity contribution in [2.45, 2.75) is 13.3 Å². The Labute approximate surface area is 80.5 Å². The van der Waals surface area contributed by atoms with Crippen molar-refractivity contribution in [1.82, 2.24) is 0 Å². The van der Waals surface area contributed by atoms with E-state index in [0.29, 0.717) is 6.42 Å².